The van der Waals surface area contributed by atoms with Gasteiger partial charge in [0.05, 0.1) is 0 Å². The Morgan fingerprint density at radius 2 is 1.95 bits per heavy atom. The highest BCUT2D eigenvalue weighted by molar-refractivity contribution is 7.99. The summed E-state index contributed by atoms with van der Waals surface area (Å²) in [7, 11) is 0. The van der Waals surface area contributed by atoms with Gasteiger partial charge in [-0.15, -0.1) is 10.2 Å². The molecule has 1 aromatic heterocycles. The van der Waals surface area contributed by atoms with E-state index in [1.54, 1.807) is 11.8 Å². The molecule has 20 heavy (non-hydrogen) atoms. The average Bonchev–Trinajstić information content (AvgIpc) is 3.01. The molecule has 4 nitrogen and oxygen atoms in total. The Hall–Kier alpha value is -1.72. The normalized spacial score (nSPS) is 17.2. The lowest BCUT2D eigenvalue weighted by Gasteiger charge is -2.14. The number of halogens is 1. The van der Waals surface area contributed by atoms with Crippen LogP contribution in [0, 0.1) is 6.92 Å². The van der Waals surface area contributed by atoms with Gasteiger partial charge < -0.3 is 5.43 Å². The number of aromatic nitrogens is 3. The van der Waals surface area contributed by atoms with Gasteiger partial charge in [-0.1, -0.05) is 47.6 Å². The van der Waals surface area contributed by atoms with Gasteiger partial charge in [0.2, 0.25) is 5.16 Å². The predicted molar refractivity (Wildman–Crippen MR) is 81.7 cm³/mol. The van der Waals surface area contributed by atoms with Gasteiger partial charge in [-0.25, -0.2) is 4.68 Å². The van der Waals surface area contributed by atoms with Crippen LogP contribution in [0.25, 0.3) is 10.8 Å². The van der Waals surface area contributed by atoms with E-state index in [0.717, 1.165) is 27.0 Å². The molecule has 0 spiro atoms. The van der Waals surface area contributed by atoms with Crippen molar-refractivity contribution < 1.29 is 0 Å². The van der Waals surface area contributed by atoms with Gasteiger partial charge in [-0.05, 0) is 29.8 Å². The minimum absolute atomic E-state index is 0.0660. The van der Waals surface area contributed by atoms with E-state index in [2.05, 4.69) is 33.8 Å². The molecule has 6 heteroatoms. The molecule has 0 amide bonds. The first kappa shape index (κ1) is 12.1. The molecule has 0 saturated heterocycles. The molecule has 1 unspecified atom stereocenters. The highest BCUT2D eigenvalue weighted by Gasteiger charge is 2.27. The molecule has 3 aromatic rings. The van der Waals surface area contributed by atoms with Crippen molar-refractivity contribution in [3.8, 4) is 0 Å². The number of hydrogen-bond donors (Lipinski definition) is 1. The third-order valence-electron chi connectivity index (χ3n) is 3.41. The summed E-state index contributed by atoms with van der Waals surface area (Å²) in [6.45, 7) is 1.93. The summed E-state index contributed by atoms with van der Waals surface area (Å²) in [6.07, 6.45) is 0. The molecule has 1 atom stereocenters. The number of aryl methyl sites for hydroxylation is 1. The van der Waals surface area contributed by atoms with E-state index < -0.39 is 0 Å². The second-order valence-electron chi connectivity index (χ2n) is 4.71. The average molecular weight is 303 g/mol. The standard InChI is InChI=1S/C14H11ClN4S/c1-8-16-17-14-19(8)18-13(20-14)11-6-9-4-2-3-5-10(9)7-12(11)15/h2-7,13,18H,1H3. The summed E-state index contributed by atoms with van der Waals surface area (Å²) in [4.78, 5) is 0. The summed E-state index contributed by atoms with van der Waals surface area (Å²) in [5.41, 5.74) is 4.44. The van der Waals surface area contributed by atoms with Crippen molar-refractivity contribution in [3.05, 3.63) is 52.8 Å². The molecule has 0 radical (unpaired) electrons. The number of benzene rings is 2. The van der Waals surface area contributed by atoms with E-state index in [0.29, 0.717) is 0 Å². The first-order valence-electron chi connectivity index (χ1n) is 6.26. The van der Waals surface area contributed by atoms with Crippen LogP contribution in [0.3, 0.4) is 0 Å². The lowest BCUT2D eigenvalue weighted by Crippen LogP contribution is -2.14. The zero-order valence-electron chi connectivity index (χ0n) is 10.7. The maximum Gasteiger partial charge on any atom is 0.212 e. The molecule has 2 aromatic carbocycles. The minimum atomic E-state index is 0.0660. The van der Waals surface area contributed by atoms with Crippen LogP contribution in [-0.4, -0.2) is 14.9 Å². The Kier molecular flexibility index (Phi) is 2.65. The van der Waals surface area contributed by atoms with Crippen molar-refractivity contribution in [3.63, 3.8) is 0 Å². The molecular formula is C14H11ClN4S. The maximum atomic E-state index is 6.43. The summed E-state index contributed by atoms with van der Waals surface area (Å²) in [5.74, 6) is 0.854. The Morgan fingerprint density at radius 1 is 1.20 bits per heavy atom. The summed E-state index contributed by atoms with van der Waals surface area (Å²) < 4.78 is 1.90. The van der Waals surface area contributed by atoms with Crippen LogP contribution in [0.4, 0.5) is 0 Å². The molecule has 2 heterocycles. The lowest BCUT2D eigenvalue weighted by atomic mass is 10.1. The van der Waals surface area contributed by atoms with Gasteiger partial charge in [-0.3, -0.25) is 0 Å². The van der Waals surface area contributed by atoms with Gasteiger partial charge in [0.25, 0.3) is 0 Å². The topological polar surface area (TPSA) is 42.7 Å². The molecule has 1 N–H and O–H groups in total. The van der Waals surface area contributed by atoms with Crippen LogP contribution in [0.5, 0.6) is 0 Å². The highest BCUT2D eigenvalue weighted by atomic mass is 35.5. The number of thioether (sulfide) groups is 1. The van der Waals surface area contributed by atoms with Crippen molar-refractivity contribution in [1.82, 2.24) is 14.9 Å². The van der Waals surface area contributed by atoms with Crippen LogP contribution in [0.15, 0.2) is 41.6 Å². The Balaban J connectivity index is 1.78. The van der Waals surface area contributed by atoms with Gasteiger partial charge in [-0.2, -0.15) is 0 Å². The molecule has 100 valence electrons. The minimum Gasteiger partial charge on any atom is -0.304 e. The number of nitrogens with zero attached hydrogens (tertiary/aromatic N) is 3. The van der Waals surface area contributed by atoms with Crippen molar-refractivity contribution in [1.29, 1.82) is 0 Å². The van der Waals surface area contributed by atoms with Crippen molar-refractivity contribution in [2.75, 3.05) is 5.43 Å². The molecule has 1 aliphatic heterocycles. The molecule has 0 bridgehead atoms. The zero-order valence-corrected chi connectivity index (χ0v) is 12.2. The fraction of sp³-hybridized carbons (Fsp3) is 0.143. The number of nitrogens with one attached hydrogen (secondary N) is 1. The highest BCUT2D eigenvalue weighted by Crippen LogP contribution is 2.42. The van der Waals surface area contributed by atoms with E-state index >= 15 is 0 Å². The van der Waals surface area contributed by atoms with Gasteiger partial charge in [0.1, 0.15) is 11.2 Å². The van der Waals surface area contributed by atoms with Crippen LogP contribution < -0.4 is 5.43 Å². The second-order valence-corrected chi connectivity index (χ2v) is 6.19. The first-order chi connectivity index (χ1) is 9.72. The third kappa shape index (κ3) is 1.77. The van der Waals surface area contributed by atoms with E-state index in [1.807, 2.05) is 29.8 Å². The monoisotopic (exact) mass is 302 g/mol. The maximum absolute atomic E-state index is 6.43. The van der Waals surface area contributed by atoms with Crippen LogP contribution in [0.2, 0.25) is 5.02 Å². The molecule has 1 aliphatic rings. The van der Waals surface area contributed by atoms with Crippen molar-refractivity contribution in [2.45, 2.75) is 17.5 Å². The lowest BCUT2D eigenvalue weighted by molar-refractivity contribution is 0.763. The predicted octanol–water partition coefficient (Wildman–Crippen LogP) is 3.74. The molecule has 0 fully saturated rings. The Morgan fingerprint density at radius 3 is 2.70 bits per heavy atom. The summed E-state index contributed by atoms with van der Waals surface area (Å²) in [5, 5.41) is 12.2. The first-order valence-corrected chi connectivity index (χ1v) is 7.51. The van der Waals surface area contributed by atoms with Crippen molar-refractivity contribution in [2.24, 2.45) is 0 Å². The summed E-state index contributed by atoms with van der Waals surface area (Å²) >= 11 is 8.06. The quantitative estimate of drug-likeness (QED) is 0.743. The van der Waals surface area contributed by atoms with Gasteiger partial charge in [0, 0.05) is 10.6 Å². The smallest absolute Gasteiger partial charge is 0.212 e. The number of rotatable bonds is 1. The van der Waals surface area contributed by atoms with Crippen LogP contribution in [-0.2, 0) is 0 Å². The van der Waals surface area contributed by atoms with E-state index in [9.17, 15) is 0 Å². The second kappa shape index (κ2) is 4.40. The Bertz CT molecular complexity index is 814. The molecule has 0 aliphatic carbocycles. The molecule has 0 saturated carbocycles. The van der Waals surface area contributed by atoms with Gasteiger partial charge >= 0.3 is 0 Å². The van der Waals surface area contributed by atoms with Crippen LogP contribution >= 0.6 is 23.4 Å². The van der Waals surface area contributed by atoms with E-state index in [1.165, 1.54) is 5.39 Å². The number of fused-ring (bicyclic) bond motifs is 2. The molecule has 4 rings (SSSR count). The van der Waals surface area contributed by atoms with Gasteiger partial charge in [0.15, 0.2) is 0 Å². The van der Waals surface area contributed by atoms with Crippen molar-refractivity contribution >= 4 is 34.1 Å². The van der Waals surface area contributed by atoms with Crippen LogP contribution in [0.1, 0.15) is 16.8 Å². The SMILES string of the molecule is Cc1nnc2n1NC(c1cc3ccccc3cc1Cl)S2. The number of hydrogen-bond acceptors (Lipinski definition) is 4. The largest absolute Gasteiger partial charge is 0.304 e. The Labute approximate surface area is 125 Å². The third-order valence-corrected chi connectivity index (χ3v) is 4.81. The molecular weight excluding hydrogens is 292 g/mol. The fourth-order valence-electron chi connectivity index (χ4n) is 2.38. The fourth-order valence-corrected chi connectivity index (χ4v) is 3.80. The summed E-state index contributed by atoms with van der Waals surface area (Å²) in [6, 6.07) is 12.4. The van der Waals surface area contributed by atoms with E-state index in [-0.39, 0.29) is 5.37 Å². The van der Waals surface area contributed by atoms with E-state index in [4.69, 9.17) is 11.6 Å². The zero-order chi connectivity index (χ0) is 13.7.